The summed E-state index contributed by atoms with van der Waals surface area (Å²) < 4.78 is 29.2. The minimum atomic E-state index is -3.42. The molecule has 2 aliphatic rings. The van der Waals surface area contributed by atoms with E-state index in [2.05, 4.69) is 92.8 Å². The predicted octanol–water partition coefficient (Wildman–Crippen LogP) is 7.53. The van der Waals surface area contributed by atoms with Crippen molar-refractivity contribution in [3.63, 3.8) is 0 Å². The van der Waals surface area contributed by atoms with Gasteiger partial charge >= 0.3 is 6.03 Å². The topological polar surface area (TPSA) is 113 Å². The zero-order valence-electron chi connectivity index (χ0n) is 27.3. The molecule has 2 atom stereocenters. The van der Waals surface area contributed by atoms with Gasteiger partial charge in [0.05, 0.1) is 12.8 Å². The third-order valence-corrected chi connectivity index (χ3v) is 24.1. The lowest BCUT2D eigenvalue weighted by atomic mass is 9.83. The number of carbonyl (C=O) groups is 1. The molecule has 8 nitrogen and oxygen atoms in total. The lowest BCUT2D eigenvalue weighted by Crippen LogP contribution is -2.54. The molecule has 0 radical (unpaired) electrons. The van der Waals surface area contributed by atoms with Crippen LogP contribution in [0.5, 0.6) is 0 Å². The highest BCUT2D eigenvalue weighted by Crippen LogP contribution is 2.41. The number of benzene rings is 1. The normalized spacial score (nSPS) is 18.4. The van der Waals surface area contributed by atoms with Gasteiger partial charge in [0, 0.05) is 5.69 Å². The molecule has 0 fully saturated rings. The van der Waals surface area contributed by atoms with Crippen molar-refractivity contribution in [3.05, 3.63) is 39.5 Å². The van der Waals surface area contributed by atoms with E-state index in [1.165, 1.54) is 28.5 Å². The van der Waals surface area contributed by atoms with E-state index in [0.29, 0.717) is 9.22 Å². The number of carbonyl (C=O) groups excluding carboxylic acids is 1. The molecule has 0 saturated heterocycles. The van der Waals surface area contributed by atoms with Crippen LogP contribution in [0.25, 0.3) is 0 Å². The highest BCUT2D eigenvalue weighted by Gasteiger charge is 2.42. The molecule has 4 rings (SSSR count). The monoisotopic (exact) mass is 650 g/mol. The summed E-state index contributed by atoms with van der Waals surface area (Å²) >= 11 is 1.13. The predicted molar refractivity (Wildman–Crippen MR) is 179 cm³/mol. The van der Waals surface area contributed by atoms with Crippen LogP contribution in [0, 0.1) is 0 Å². The third-order valence-electron chi connectivity index (χ3n) is 9.69. The summed E-state index contributed by atoms with van der Waals surface area (Å²) in [6.07, 6.45) is 6.47. The molecule has 1 aromatic heterocycles. The van der Waals surface area contributed by atoms with E-state index < -0.39 is 38.1 Å². The molecule has 3 N–H and O–H groups in total. The van der Waals surface area contributed by atoms with Crippen LogP contribution in [-0.4, -0.2) is 43.5 Å². The molecule has 2 aromatic rings. The molecule has 0 saturated carbocycles. The van der Waals surface area contributed by atoms with Crippen LogP contribution in [0.1, 0.15) is 82.1 Å². The molecule has 1 unspecified atom stereocenters. The summed E-state index contributed by atoms with van der Waals surface area (Å²) in [6, 6.07) is 1.67. The molecule has 2 aliphatic carbocycles. The highest BCUT2D eigenvalue weighted by atomic mass is 32.2. The SMILES string of the molecule is CC(C)(C)[Si](C)(C)NS(=O)(=NC(=O)Nc1c2c(cc3c1CC3)CCC2)c1cnc([C@@](C)(O)CO[Si](C)(C)C(C)(C)C)s1. The molecule has 0 aliphatic heterocycles. The first kappa shape index (κ1) is 33.5. The maximum absolute atomic E-state index is 14.8. The third kappa shape index (κ3) is 6.64. The number of anilines is 1. The number of thiazole rings is 1. The van der Waals surface area contributed by atoms with Gasteiger partial charge < -0.3 is 14.8 Å². The summed E-state index contributed by atoms with van der Waals surface area (Å²) in [6.45, 7) is 23.0. The van der Waals surface area contributed by atoms with Crippen LogP contribution in [0.3, 0.4) is 0 Å². The van der Waals surface area contributed by atoms with Gasteiger partial charge in [0.25, 0.3) is 0 Å². The molecular formula is C30H50N4O4S2Si2. The number of hydrogen-bond donors (Lipinski definition) is 3. The number of rotatable bonds is 8. The molecule has 1 heterocycles. The van der Waals surface area contributed by atoms with E-state index in [1.807, 2.05) is 0 Å². The Hall–Kier alpha value is -1.42. The number of aromatic nitrogens is 1. The van der Waals surface area contributed by atoms with E-state index in [9.17, 15) is 14.1 Å². The number of nitrogens with one attached hydrogen (secondary N) is 2. The van der Waals surface area contributed by atoms with Crippen LogP contribution in [0.2, 0.25) is 36.3 Å². The van der Waals surface area contributed by atoms with Gasteiger partial charge in [-0.15, -0.1) is 15.7 Å². The fraction of sp³-hybridized carbons (Fsp3) is 0.667. The molecule has 1 aromatic carbocycles. The second-order valence-electron chi connectivity index (χ2n) is 15.2. The molecular weight excluding hydrogens is 601 g/mol. The fourth-order valence-corrected chi connectivity index (χ4v) is 12.8. The molecule has 0 bridgehead atoms. The van der Waals surface area contributed by atoms with Crippen LogP contribution < -0.4 is 9.70 Å². The Balaban J connectivity index is 1.69. The molecule has 42 heavy (non-hydrogen) atoms. The van der Waals surface area contributed by atoms with Crippen molar-refractivity contribution < 1.29 is 18.5 Å². The standard InChI is InChI=1S/C30H50N4O4S2Si2/c1-28(2,3)41(8,9)34-40(37,24-18-31-26(39-24)30(7,36)19-38-42(10,11)29(4,5)6)33-27(35)32-25-22-14-12-13-20(22)17-21-15-16-23(21)25/h17-18,36H,12-16,19H2,1-11H3,(H2,32,33,34,35,37)/t30-,40?/m0/s1. The summed E-state index contributed by atoms with van der Waals surface area (Å²) in [4.78, 5) is 18.1. The number of aliphatic hydroxyl groups is 1. The Kier molecular flexibility index (Phi) is 8.92. The Morgan fingerprint density at radius 3 is 2.21 bits per heavy atom. The zero-order valence-corrected chi connectivity index (χ0v) is 30.9. The first-order valence-corrected chi connectivity index (χ1v) is 23.2. The van der Waals surface area contributed by atoms with Crippen LogP contribution in [-0.2, 0) is 45.6 Å². The Morgan fingerprint density at radius 2 is 1.64 bits per heavy atom. The van der Waals surface area contributed by atoms with Crippen molar-refractivity contribution in [3.8, 4) is 0 Å². The van der Waals surface area contributed by atoms with Gasteiger partial charge in [-0.05, 0) is 84.5 Å². The van der Waals surface area contributed by atoms with Gasteiger partial charge in [-0.2, -0.15) is 0 Å². The molecule has 234 valence electrons. The second-order valence-corrected chi connectivity index (χ2v) is 28.6. The van der Waals surface area contributed by atoms with Crippen molar-refractivity contribution in [1.82, 2.24) is 9.37 Å². The lowest BCUT2D eigenvalue weighted by molar-refractivity contribution is 0.00244. The van der Waals surface area contributed by atoms with Gasteiger partial charge in [-0.3, -0.25) is 0 Å². The van der Waals surface area contributed by atoms with Gasteiger partial charge in [-0.25, -0.2) is 18.4 Å². The number of hydrogen-bond acceptors (Lipinski definition) is 6. The van der Waals surface area contributed by atoms with E-state index in [0.717, 1.165) is 49.1 Å². The quantitative estimate of drug-likeness (QED) is 0.256. The first-order chi connectivity index (χ1) is 19.1. The number of aryl methyl sites for hydroxylation is 2. The van der Waals surface area contributed by atoms with Gasteiger partial charge in [-0.1, -0.05) is 60.7 Å². The average Bonchev–Trinajstić information content (AvgIpc) is 3.48. The van der Waals surface area contributed by atoms with Crippen molar-refractivity contribution in [1.29, 1.82) is 0 Å². The van der Waals surface area contributed by atoms with Crippen LogP contribution in [0.4, 0.5) is 10.5 Å². The smallest absolute Gasteiger partial charge is 0.354 e. The summed E-state index contributed by atoms with van der Waals surface area (Å²) in [5, 5.41) is 14.7. The number of urea groups is 1. The number of fused-ring (bicyclic) bond motifs is 2. The van der Waals surface area contributed by atoms with Crippen molar-refractivity contribution in [2.45, 2.75) is 127 Å². The van der Waals surface area contributed by atoms with Crippen LogP contribution >= 0.6 is 11.3 Å². The fourth-order valence-electron chi connectivity index (χ4n) is 4.69. The van der Waals surface area contributed by atoms with Crippen molar-refractivity contribution in [2.75, 3.05) is 11.9 Å². The zero-order chi connectivity index (χ0) is 31.5. The maximum Gasteiger partial charge on any atom is 0.354 e. The minimum Gasteiger partial charge on any atom is -0.413 e. The Bertz CT molecular complexity index is 1490. The Labute approximate surface area is 259 Å². The average molecular weight is 651 g/mol. The van der Waals surface area contributed by atoms with E-state index >= 15 is 0 Å². The lowest BCUT2D eigenvalue weighted by Gasteiger charge is -2.38. The number of amides is 2. The minimum absolute atomic E-state index is 0.00918. The molecule has 12 heteroatoms. The molecule has 2 amide bonds. The molecule has 0 spiro atoms. The van der Waals surface area contributed by atoms with Crippen molar-refractivity contribution in [2.24, 2.45) is 4.36 Å². The highest BCUT2D eigenvalue weighted by molar-refractivity contribution is 7.95. The van der Waals surface area contributed by atoms with Crippen molar-refractivity contribution >= 4 is 49.5 Å². The Morgan fingerprint density at radius 1 is 1.02 bits per heavy atom. The van der Waals surface area contributed by atoms with Gasteiger partial charge in [0.2, 0.25) is 0 Å². The van der Waals surface area contributed by atoms with E-state index in [4.69, 9.17) is 4.43 Å². The summed E-state index contributed by atoms with van der Waals surface area (Å²) in [5.41, 5.74) is 4.45. The number of nitrogens with zero attached hydrogens (tertiary/aromatic N) is 2. The first-order valence-electron chi connectivity index (χ1n) is 14.9. The maximum atomic E-state index is 14.8. The van der Waals surface area contributed by atoms with E-state index in [-0.39, 0.29) is 16.7 Å². The summed E-state index contributed by atoms with van der Waals surface area (Å²) in [5.74, 6) is 0. The van der Waals surface area contributed by atoms with Gasteiger partial charge in [0.1, 0.15) is 23.1 Å². The summed E-state index contributed by atoms with van der Waals surface area (Å²) in [7, 11) is -7.94. The van der Waals surface area contributed by atoms with E-state index in [1.54, 1.807) is 6.92 Å². The van der Waals surface area contributed by atoms with Gasteiger partial charge in [0.15, 0.2) is 18.2 Å². The second kappa shape index (κ2) is 11.2. The van der Waals surface area contributed by atoms with Crippen LogP contribution in [0.15, 0.2) is 20.8 Å². The largest absolute Gasteiger partial charge is 0.413 e.